The zero-order chi connectivity index (χ0) is 14.6. The molecular weight excluding hydrogens is 262 g/mol. The minimum absolute atomic E-state index is 0.169. The topological polar surface area (TPSA) is 28.2 Å². The molecule has 1 aromatic rings. The number of rotatable bonds is 6. The van der Waals surface area contributed by atoms with Gasteiger partial charge in [0.2, 0.25) is 11.6 Å². The van der Waals surface area contributed by atoms with Crippen LogP contribution in [0.15, 0.2) is 0 Å². The third-order valence-corrected chi connectivity index (χ3v) is 2.83. The first-order valence-electron chi connectivity index (χ1n) is 6.06. The van der Waals surface area contributed by atoms with E-state index in [1.807, 2.05) is 25.7 Å². The number of nitrogens with one attached hydrogen (secondary N) is 1. The van der Waals surface area contributed by atoms with Gasteiger partial charge >= 0.3 is 0 Å². The first kappa shape index (κ1) is 15.7. The molecule has 1 heterocycles. The summed E-state index contributed by atoms with van der Waals surface area (Å²) in [4.78, 5) is 4.53. The van der Waals surface area contributed by atoms with Gasteiger partial charge < -0.3 is 5.32 Å². The van der Waals surface area contributed by atoms with Gasteiger partial charge in [-0.1, -0.05) is 6.92 Å². The Bertz CT molecular complexity index is 411. The smallest absolute Gasteiger partial charge is 0.253 e. The highest BCUT2D eigenvalue weighted by Gasteiger charge is 2.20. The van der Waals surface area contributed by atoms with Gasteiger partial charge in [-0.05, 0) is 20.4 Å². The van der Waals surface area contributed by atoms with Crippen molar-refractivity contribution >= 4 is 5.69 Å². The third kappa shape index (κ3) is 3.79. The lowest BCUT2D eigenvalue weighted by Crippen LogP contribution is -2.35. The van der Waals surface area contributed by atoms with Gasteiger partial charge in [-0.2, -0.15) is 22.5 Å². The van der Waals surface area contributed by atoms with Crippen molar-refractivity contribution in [3.05, 3.63) is 23.5 Å². The Morgan fingerprint density at radius 1 is 1.11 bits per heavy atom. The highest BCUT2D eigenvalue weighted by Crippen LogP contribution is 2.21. The Hall–Kier alpha value is -1.37. The Morgan fingerprint density at radius 3 is 2.05 bits per heavy atom. The normalized spacial score (nSPS) is 11.4. The van der Waals surface area contributed by atoms with E-state index in [0.717, 1.165) is 6.54 Å². The van der Waals surface area contributed by atoms with E-state index in [0.29, 0.717) is 6.54 Å². The third-order valence-electron chi connectivity index (χ3n) is 2.83. The van der Waals surface area contributed by atoms with E-state index in [9.17, 15) is 17.6 Å². The number of halogens is 4. The van der Waals surface area contributed by atoms with Crippen LogP contribution >= 0.6 is 0 Å². The average molecular weight is 279 g/mol. The first-order chi connectivity index (χ1) is 8.88. The second-order valence-electron chi connectivity index (χ2n) is 4.35. The van der Waals surface area contributed by atoms with Crippen LogP contribution in [0, 0.1) is 23.5 Å². The quantitative estimate of drug-likeness (QED) is 0.641. The molecule has 0 saturated carbocycles. The predicted molar refractivity (Wildman–Crippen MR) is 64.9 cm³/mol. The van der Waals surface area contributed by atoms with Gasteiger partial charge in [-0.15, -0.1) is 0 Å². The van der Waals surface area contributed by atoms with Crippen LogP contribution in [-0.2, 0) is 0 Å². The highest BCUT2D eigenvalue weighted by atomic mass is 19.2. The number of likely N-dealkylation sites (N-methyl/N-ethyl adjacent to an activating group) is 1. The fourth-order valence-electron chi connectivity index (χ4n) is 1.75. The van der Waals surface area contributed by atoms with Crippen molar-refractivity contribution in [3.63, 3.8) is 0 Å². The van der Waals surface area contributed by atoms with E-state index in [1.54, 1.807) is 0 Å². The molecule has 1 N–H and O–H groups in total. The van der Waals surface area contributed by atoms with Gasteiger partial charge in [0.15, 0.2) is 0 Å². The summed E-state index contributed by atoms with van der Waals surface area (Å²) in [5, 5.41) is 2.37. The van der Waals surface area contributed by atoms with Crippen LogP contribution in [0.4, 0.5) is 23.2 Å². The number of nitrogens with zero attached hydrogens (tertiary/aromatic N) is 2. The predicted octanol–water partition coefficient (Wildman–Crippen LogP) is 2.78. The second-order valence-corrected chi connectivity index (χ2v) is 4.35. The summed E-state index contributed by atoms with van der Waals surface area (Å²) in [6.07, 6.45) is 0. The molecule has 0 atom stereocenters. The van der Waals surface area contributed by atoms with Gasteiger partial charge in [0, 0.05) is 19.1 Å². The lowest BCUT2D eigenvalue weighted by Gasteiger charge is -2.25. The Morgan fingerprint density at radius 2 is 1.63 bits per heavy atom. The lowest BCUT2D eigenvalue weighted by molar-refractivity contribution is 0.242. The van der Waals surface area contributed by atoms with Crippen molar-refractivity contribution in [1.82, 2.24) is 9.88 Å². The molecule has 1 aromatic heterocycles. The summed E-state index contributed by atoms with van der Waals surface area (Å²) in [6, 6.07) is 0.271. The Balaban J connectivity index is 2.73. The van der Waals surface area contributed by atoms with E-state index in [-0.39, 0.29) is 12.6 Å². The van der Waals surface area contributed by atoms with Crippen molar-refractivity contribution in [2.24, 2.45) is 0 Å². The maximum absolute atomic E-state index is 13.3. The average Bonchev–Trinajstić information content (AvgIpc) is 2.35. The summed E-state index contributed by atoms with van der Waals surface area (Å²) in [6.45, 7) is 7.35. The van der Waals surface area contributed by atoms with E-state index in [1.165, 1.54) is 0 Å². The van der Waals surface area contributed by atoms with Crippen LogP contribution < -0.4 is 5.32 Å². The first-order valence-corrected chi connectivity index (χ1v) is 6.06. The molecule has 0 spiro atoms. The lowest BCUT2D eigenvalue weighted by atomic mass is 10.3. The number of aromatic nitrogens is 1. The van der Waals surface area contributed by atoms with Crippen molar-refractivity contribution in [2.45, 2.75) is 26.8 Å². The highest BCUT2D eigenvalue weighted by molar-refractivity contribution is 5.45. The number of hydrogen-bond acceptors (Lipinski definition) is 3. The minimum Gasteiger partial charge on any atom is -0.379 e. The second kappa shape index (κ2) is 6.70. The molecule has 0 unspecified atom stereocenters. The van der Waals surface area contributed by atoms with Crippen LogP contribution in [0.2, 0.25) is 0 Å². The zero-order valence-corrected chi connectivity index (χ0v) is 11.1. The molecule has 7 heteroatoms. The largest absolute Gasteiger partial charge is 0.379 e. The Labute approximate surface area is 109 Å². The fourth-order valence-corrected chi connectivity index (χ4v) is 1.75. The molecule has 0 saturated heterocycles. The SMILES string of the molecule is CCN(CCNc1c(F)c(F)nc(F)c1F)C(C)C. The summed E-state index contributed by atoms with van der Waals surface area (Å²) in [5.74, 6) is -6.33. The number of pyridine rings is 1. The fraction of sp³-hybridized carbons (Fsp3) is 0.583. The number of anilines is 1. The van der Waals surface area contributed by atoms with Crippen molar-refractivity contribution in [3.8, 4) is 0 Å². The zero-order valence-electron chi connectivity index (χ0n) is 11.1. The number of hydrogen-bond donors (Lipinski definition) is 1. The summed E-state index contributed by atoms with van der Waals surface area (Å²) in [7, 11) is 0. The maximum Gasteiger partial charge on any atom is 0.253 e. The summed E-state index contributed by atoms with van der Waals surface area (Å²) < 4.78 is 52.3. The standard InChI is InChI=1S/C12H17F4N3/c1-4-19(7(2)3)6-5-17-10-8(13)11(15)18-12(16)9(10)14/h7H,4-6H2,1-3H3,(H,17,18). The van der Waals surface area contributed by atoms with Crippen LogP contribution in [0.3, 0.4) is 0 Å². The van der Waals surface area contributed by atoms with Crippen molar-refractivity contribution in [1.29, 1.82) is 0 Å². The maximum atomic E-state index is 13.3. The van der Waals surface area contributed by atoms with Gasteiger partial charge in [0.05, 0.1) is 0 Å². The molecule has 0 aliphatic rings. The van der Waals surface area contributed by atoms with Gasteiger partial charge in [-0.25, -0.2) is 0 Å². The van der Waals surface area contributed by atoms with Gasteiger partial charge in [0.25, 0.3) is 11.9 Å². The van der Waals surface area contributed by atoms with E-state index in [4.69, 9.17) is 0 Å². The molecule has 1 rings (SSSR count). The molecule has 0 aliphatic heterocycles. The van der Waals surface area contributed by atoms with Crippen molar-refractivity contribution in [2.75, 3.05) is 25.0 Å². The van der Waals surface area contributed by atoms with E-state index >= 15 is 0 Å². The molecule has 0 aliphatic carbocycles. The van der Waals surface area contributed by atoms with Crippen LogP contribution in [-0.4, -0.2) is 35.6 Å². The van der Waals surface area contributed by atoms with E-state index < -0.39 is 29.2 Å². The van der Waals surface area contributed by atoms with E-state index in [2.05, 4.69) is 10.3 Å². The molecule has 0 fully saturated rings. The van der Waals surface area contributed by atoms with Crippen LogP contribution in [0.5, 0.6) is 0 Å². The Kier molecular flexibility index (Phi) is 5.53. The molecular formula is C12H17F4N3. The summed E-state index contributed by atoms with van der Waals surface area (Å²) >= 11 is 0. The monoisotopic (exact) mass is 279 g/mol. The van der Waals surface area contributed by atoms with Crippen molar-refractivity contribution < 1.29 is 17.6 Å². The van der Waals surface area contributed by atoms with Crippen LogP contribution in [0.25, 0.3) is 0 Å². The molecule has 108 valence electrons. The van der Waals surface area contributed by atoms with Gasteiger partial charge in [-0.3, -0.25) is 4.90 Å². The summed E-state index contributed by atoms with van der Waals surface area (Å²) in [5.41, 5.74) is -0.815. The molecule has 19 heavy (non-hydrogen) atoms. The molecule has 3 nitrogen and oxygen atoms in total. The minimum atomic E-state index is -1.65. The molecule has 0 aromatic carbocycles. The molecule has 0 radical (unpaired) electrons. The van der Waals surface area contributed by atoms with Gasteiger partial charge in [0.1, 0.15) is 5.69 Å². The van der Waals surface area contributed by atoms with Crippen LogP contribution in [0.1, 0.15) is 20.8 Å². The molecule has 0 amide bonds. The molecule has 0 bridgehead atoms.